The number of primary amides is 1. The molecule has 0 radical (unpaired) electrons. The molecule has 1 unspecified atom stereocenters. The Hall–Kier alpha value is -2.37. The second kappa shape index (κ2) is 4.48. The second-order valence-corrected chi connectivity index (χ2v) is 4.24. The Labute approximate surface area is 103 Å². The molecule has 0 saturated carbocycles. The number of nitro benzene ring substituents is 1. The summed E-state index contributed by atoms with van der Waals surface area (Å²) in [5.74, 6) is -0.706. The zero-order chi connectivity index (χ0) is 13.3. The lowest BCUT2D eigenvalue weighted by Gasteiger charge is -2.09. The van der Waals surface area contributed by atoms with Crippen LogP contribution in [-0.4, -0.2) is 15.4 Å². The standard InChI is InChI=1S/C12H13N3O3/c1-8(12(13)16)7-14-6-5-9-10(14)3-2-4-11(9)15(17)18/h2-6,8H,7H2,1H3,(H2,13,16). The molecule has 1 aromatic heterocycles. The molecule has 0 aliphatic heterocycles. The molecule has 94 valence electrons. The van der Waals surface area contributed by atoms with Gasteiger partial charge in [0, 0.05) is 18.8 Å². The summed E-state index contributed by atoms with van der Waals surface area (Å²) in [4.78, 5) is 21.5. The van der Waals surface area contributed by atoms with Crippen molar-refractivity contribution in [1.29, 1.82) is 0 Å². The monoisotopic (exact) mass is 247 g/mol. The molecule has 2 N–H and O–H groups in total. The van der Waals surface area contributed by atoms with Gasteiger partial charge in [-0.25, -0.2) is 0 Å². The first kappa shape index (κ1) is 12.1. The van der Waals surface area contributed by atoms with Crippen LogP contribution in [-0.2, 0) is 11.3 Å². The highest BCUT2D eigenvalue weighted by Crippen LogP contribution is 2.26. The summed E-state index contributed by atoms with van der Waals surface area (Å²) in [6, 6.07) is 6.56. The maximum atomic E-state index is 11.0. The first-order valence-corrected chi connectivity index (χ1v) is 5.52. The van der Waals surface area contributed by atoms with E-state index in [1.165, 1.54) is 6.07 Å². The summed E-state index contributed by atoms with van der Waals surface area (Å²) in [7, 11) is 0. The van der Waals surface area contributed by atoms with Gasteiger partial charge in [0.05, 0.1) is 21.7 Å². The van der Waals surface area contributed by atoms with Gasteiger partial charge in [-0.2, -0.15) is 0 Å². The molecule has 0 fully saturated rings. The van der Waals surface area contributed by atoms with Crippen LogP contribution in [0, 0.1) is 16.0 Å². The maximum absolute atomic E-state index is 11.0. The Morgan fingerprint density at radius 3 is 2.83 bits per heavy atom. The van der Waals surface area contributed by atoms with Crippen molar-refractivity contribution in [1.82, 2.24) is 4.57 Å². The maximum Gasteiger partial charge on any atom is 0.278 e. The number of nitrogens with zero attached hydrogens (tertiary/aromatic N) is 2. The van der Waals surface area contributed by atoms with Crippen LogP contribution in [0.1, 0.15) is 6.92 Å². The average molecular weight is 247 g/mol. The number of hydrogen-bond acceptors (Lipinski definition) is 3. The fraction of sp³-hybridized carbons (Fsp3) is 0.250. The van der Waals surface area contributed by atoms with E-state index >= 15 is 0 Å². The number of carbonyl (C=O) groups excluding carboxylic acids is 1. The Morgan fingerprint density at radius 1 is 1.50 bits per heavy atom. The van der Waals surface area contributed by atoms with E-state index in [0.717, 1.165) is 5.52 Å². The van der Waals surface area contributed by atoms with Gasteiger partial charge in [0.15, 0.2) is 0 Å². The third-order valence-electron chi connectivity index (χ3n) is 2.94. The van der Waals surface area contributed by atoms with E-state index in [1.807, 2.05) is 0 Å². The van der Waals surface area contributed by atoms with E-state index in [1.54, 1.807) is 35.9 Å². The highest BCUT2D eigenvalue weighted by atomic mass is 16.6. The van der Waals surface area contributed by atoms with Gasteiger partial charge in [-0.1, -0.05) is 13.0 Å². The number of carbonyl (C=O) groups is 1. The summed E-state index contributed by atoms with van der Waals surface area (Å²) in [5.41, 5.74) is 6.02. The quantitative estimate of drug-likeness (QED) is 0.658. The number of aromatic nitrogens is 1. The lowest BCUT2D eigenvalue weighted by molar-refractivity contribution is -0.383. The topological polar surface area (TPSA) is 91.2 Å². The Morgan fingerprint density at radius 2 is 2.22 bits per heavy atom. The minimum atomic E-state index is -0.413. The van der Waals surface area contributed by atoms with Crippen LogP contribution < -0.4 is 5.73 Å². The minimum Gasteiger partial charge on any atom is -0.369 e. The lowest BCUT2D eigenvalue weighted by Crippen LogP contribution is -2.24. The molecule has 0 saturated heterocycles. The van der Waals surface area contributed by atoms with E-state index in [4.69, 9.17) is 5.73 Å². The van der Waals surface area contributed by atoms with E-state index in [2.05, 4.69) is 0 Å². The van der Waals surface area contributed by atoms with Gasteiger partial charge in [0.1, 0.15) is 0 Å². The summed E-state index contributed by atoms with van der Waals surface area (Å²) in [6.45, 7) is 2.14. The van der Waals surface area contributed by atoms with Gasteiger partial charge in [-0.05, 0) is 12.1 Å². The average Bonchev–Trinajstić information content (AvgIpc) is 2.72. The molecular weight excluding hydrogens is 234 g/mol. The molecule has 0 aliphatic rings. The fourth-order valence-corrected chi connectivity index (χ4v) is 1.91. The van der Waals surface area contributed by atoms with E-state index in [9.17, 15) is 14.9 Å². The van der Waals surface area contributed by atoms with Crippen molar-refractivity contribution >= 4 is 22.5 Å². The van der Waals surface area contributed by atoms with Crippen LogP contribution in [0.15, 0.2) is 30.5 Å². The summed E-state index contributed by atoms with van der Waals surface area (Å²) in [5, 5.41) is 11.4. The smallest absolute Gasteiger partial charge is 0.278 e. The highest BCUT2D eigenvalue weighted by Gasteiger charge is 2.16. The number of amides is 1. The third kappa shape index (κ3) is 2.04. The van der Waals surface area contributed by atoms with Gasteiger partial charge in [-0.15, -0.1) is 0 Å². The number of fused-ring (bicyclic) bond motifs is 1. The third-order valence-corrected chi connectivity index (χ3v) is 2.94. The predicted molar refractivity (Wildman–Crippen MR) is 67.0 cm³/mol. The van der Waals surface area contributed by atoms with Crippen molar-refractivity contribution in [3.8, 4) is 0 Å². The zero-order valence-corrected chi connectivity index (χ0v) is 9.87. The van der Waals surface area contributed by atoms with Crippen LogP contribution in [0.3, 0.4) is 0 Å². The van der Waals surface area contributed by atoms with Crippen molar-refractivity contribution in [2.75, 3.05) is 0 Å². The highest BCUT2D eigenvalue weighted by molar-refractivity contribution is 5.89. The van der Waals surface area contributed by atoms with E-state index < -0.39 is 4.92 Å². The van der Waals surface area contributed by atoms with Crippen LogP contribution in [0.5, 0.6) is 0 Å². The first-order chi connectivity index (χ1) is 8.50. The number of rotatable bonds is 4. The molecule has 1 atom stereocenters. The molecule has 2 aromatic rings. The molecular formula is C12H13N3O3. The van der Waals surface area contributed by atoms with E-state index in [0.29, 0.717) is 11.9 Å². The normalized spacial score (nSPS) is 12.5. The molecule has 1 heterocycles. The SMILES string of the molecule is CC(Cn1ccc2c([N+](=O)[O-])cccc21)C(N)=O. The van der Waals surface area contributed by atoms with Gasteiger partial charge >= 0.3 is 0 Å². The van der Waals surface area contributed by atoms with E-state index in [-0.39, 0.29) is 17.5 Å². The molecule has 6 nitrogen and oxygen atoms in total. The molecule has 0 spiro atoms. The van der Waals surface area contributed by atoms with Gasteiger partial charge < -0.3 is 10.3 Å². The van der Waals surface area contributed by atoms with Gasteiger partial charge in [0.2, 0.25) is 5.91 Å². The molecule has 1 aromatic carbocycles. The van der Waals surface area contributed by atoms with Crippen molar-refractivity contribution in [3.05, 3.63) is 40.6 Å². The summed E-state index contributed by atoms with van der Waals surface area (Å²) < 4.78 is 1.80. The molecule has 0 aliphatic carbocycles. The molecule has 2 rings (SSSR count). The van der Waals surface area contributed by atoms with Crippen LogP contribution >= 0.6 is 0 Å². The number of hydrogen-bond donors (Lipinski definition) is 1. The predicted octanol–water partition coefficient (Wildman–Crippen LogP) is 1.67. The van der Waals surface area contributed by atoms with Crippen LogP contribution in [0.25, 0.3) is 10.9 Å². The fourth-order valence-electron chi connectivity index (χ4n) is 1.91. The van der Waals surface area contributed by atoms with Crippen molar-refractivity contribution < 1.29 is 9.72 Å². The largest absolute Gasteiger partial charge is 0.369 e. The number of benzene rings is 1. The minimum absolute atomic E-state index is 0.0676. The first-order valence-electron chi connectivity index (χ1n) is 5.52. The molecule has 6 heteroatoms. The number of non-ortho nitro benzene ring substituents is 1. The summed E-state index contributed by atoms with van der Waals surface area (Å²) in [6.07, 6.45) is 1.73. The Balaban J connectivity index is 2.46. The van der Waals surface area contributed by atoms with Crippen molar-refractivity contribution in [2.45, 2.75) is 13.5 Å². The molecule has 18 heavy (non-hydrogen) atoms. The molecule has 1 amide bonds. The van der Waals surface area contributed by atoms with Gasteiger partial charge in [0.25, 0.3) is 5.69 Å². The Kier molecular flexibility index (Phi) is 3.01. The second-order valence-electron chi connectivity index (χ2n) is 4.24. The lowest BCUT2D eigenvalue weighted by atomic mass is 10.1. The molecule has 0 bridgehead atoms. The Bertz CT molecular complexity index is 618. The van der Waals surface area contributed by atoms with Gasteiger partial charge in [-0.3, -0.25) is 14.9 Å². The number of nitro groups is 1. The summed E-state index contributed by atoms with van der Waals surface area (Å²) >= 11 is 0. The van der Waals surface area contributed by atoms with Crippen molar-refractivity contribution in [3.63, 3.8) is 0 Å². The zero-order valence-electron chi connectivity index (χ0n) is 9.87. The van der Waals surface area contributed by atoms with Crippen molar-refractivity contribution in [2.24, 2.45) is 11.7 Å². The van der Waals surface area contributed by atoms with Crippen LogP contribution in [0.4, 0.5) is 5.69 Å². The number of nitrogens with two attached hydrogens (primary N) is 1. The van der Waals surface area contributed by atoms with Crippen LogP contribution in [0.2, 0.25) is 0 Å².